The molecule has 1 aromatic rings. The third-order valence-electron chi connectivity index (χ3n) is 1.89. The number of nitrogens with zero attached hydrogens (tertiary/aromatic N) is 4. The Labute approximate surface area is 114 Å². The van der Waals surface area contributed by atoms with Crippen LogP contribution < -0.4 is 5.32 Å². The fraction of sp³-hybridized carbons (Fsp3) is 0.500. The summed E-state index contributed by atoms with van der Waals surface area (Å²) in [4.78, 5) is 26.1. The van der Waals surface area contributed by atoms with Crippen molar-refractivity contribution in [3.05, 3.63) is 5.82 Å². The van der Waals surface area contributed by atoms with Gasteiger partial charge in [-0.05, 0) is 20.8 Å². The topological polar surface area (TPSA) is 139 Å². The van der Waals surface area contributed by atoms with Crippen LogP contribution in [-0.2, 0) is 16.6 Å². The quantitative estimate of drug-likeness (QED) is 0.415. The fourth-order valence-corrected chi connectivity index (χ4v) is 1.17. The van der Waals surface area contributed by atoms with Gasteiger partial charge in [-0.25, -0.2) is 14.3 Å². The molecule has 1 amide bonds. The molecule has 3 N–H and O–H groups in total. The third-order valence-corrected chi connectivity index (χ3v) is 1.89. The van der Waals surface area contributed by atoms with Crippen LogP contribution in [0.3, 0.4) is 0 Å². The first-order valence-electron chi connectivity index (χ1n) is 5.51. The maximum Gasteiger partial charge on any atom is 0.414 e. The van der Waals surface area contributed by atoms with Crippen LogP contribution in [0.1, 0.15) is 26.6 Å². The van der Waals surface area contributed by atoms with Gasteiger partial charge in [0.15, 0.2) is 0 Å². The van der Waals surface area contributed by atoms with Crippen molar-refractivity contribution in [2.75, 3.05) is 5.32 Å². The molecule has 1 rings (SSSR count). The van der Waals surface area contributed by atoms with E-state index < -0.39 is 23.4 Å². The van der Waals surface area contributed by atoms with E-state index in [4.69, 9.17) is 15.1 Å². The Balaban J connectivity index is 2.92. The number of aliphatic carboxylic acids is 1. The van der Waals surface area contributed by atoms with Crippen molar-refractivity contribution in [2.45, 2.75) is 26.4 Å². The Kier molecular flexibility index (Phi) is 4.27. The summed E-state index contributed by atoms with van der Waals surface area (Å²) in [6.07, 6.45) is -0.766. The number of anilines is 1. The molecule has 0 bridgehead atoms. The van der Waals surface area contributed by atoms with Crippen LogP contribution in [0.2, 0.25) is 0 Å². The van der Waals surface area contributed by atoms with Gasteiger partial charge in [-0.15, -0.1) is 5.10 Å². The standard InChI is InChI=1S/C10H15N5O5/c1-10(2,3)20-9(18)12-8-11-6(13-15(8)4)5(14-19)7(16)17/h19H,1-4H3,(H,16,17)(H,11,12,13,18)/b14-5-. The van der Waals surface area contributed by atoms with Gasteiger partial charge in [0.2, 0.25) is 17.5 Å². The molecule has 0 aliphatic carbocycles. The Morgan fingerprint density at radius 2 is 2.00 bits per heavy atom. The minimum Gasteiger partial charge on any atom is -0.476 e. The van der Waals surface area contributed by atoms with E-state index >= 15 is 0 Å². The number of aromatic nitrogens is 3. The van der Waals surface area contributed by atoms with Crippen molar-refractivity contribution in [3.8, 4) is 0 Å². The lowest BCUT2D eigenvalue weighted by molar-refractivity contribution is -0.129. The smallest absolute Gasteiger partial charge is 0.414 e. The monoisotopic (exact) mass is 285 g/mol. The van der Waals surface area contributed by atoms with E-state index in [1.165, 1.54) is 7.05 Å². The highest BCUT2D eigenvalue weighted by Crippen LogP contribution is 2.10. The van der Waals surface area contributed by atoms with Crippen LogP contribution >= 0.6 is 0 Å². The molecule has 1 aromatic heterocycles. The maximum atomic E-state index is 11.6. The first kappa shape index (κ1) is 15.4. The number of nitrogens with one attached hydrogen (secondary N) is 1. The Bertz CT molecular complexity index is 557. The highest BCUT2D eigenvalue weighted by Gasteiger charge is 2.22. The molecule has 0 radical (unpaired) electrons. The Morgan fingerprint density at radius 3 is 2.45 bits per heavy atom. The molecule has 0 aliphatic heterocycles. The molecule has 0 saturated heterocycles. The van der Waals surface area contributed by atoms with E-state index in [0.29, 0.717) is 0 Å². The molecule has 0 aromatic carbocycles. The van der Waals surface area contributed by atoms with E-state index in [1.54, 1.807) is 20.8 Å². The fourth-order valence-electron chi connectivity index (χ4n) is 1.17. The molecule has 20 heavy (non-hydrogen) atoms. The first-order valence-corrected chi connectivity index (χ1v) is 5.51. The van der Waals surface area contributed by atoms with Gasteiger partial charge in [0.25, 0.3) is 0 Å². The van der Waals surface area contributed by atoms with Gasteiger partial charge in [0.1, 0.15) is 5.60 Å². The third kappa shape index (κ3) is 3.93. The number of oxime groups is 1. The number of rotatable bonds is 3. The summed E-state index contributed by atoms with van der Waals surface area (Å²) in [7, 11) is 1.43. The first-order chi connectivity index (χ1) is 9.14. The van der Waals surface area contributed by atoms with E-state index in [-0.39, 0.29) is 11.8 Å². The highest BCUT2D eigenvalue weighted by atomic mass is 16.6. The number of carboxylic acid groups (broad SMARTS) is 1. The number of carboxylic acids is 1. The predicted octanol–water partition coefficient (Wildman–Crippen LogP) is 0.425. The second-order valence-electron chi connectivity index (χ2n) is 4.76. The Morgan fingerprint density at radius 1 is 1.40 bits per heavy atom. The lowest BCUT2D eigenvalue weighted by atomic mass is 10.2. The van der Waals surface area contributed by atoms with E-state index in [0.717, 1.165) is 4.68 Å². The minimum absolute atomic E-state index is 0.0448. The van der Waals surface area contributed by atoms with Gasteiger partial charge < -0.3 is 15.1 Å². The van der Waals surface area contributed by atoms with Crippen molar-refractivity contribution in [1.82, 2.24) is 14.8 Å². The number of carbonyl (C=O) groups is 2. The van der Waals surface area contributed by atoms with Gasteiger partial charge in [0, 0.05) is 7.05 Å². The van der Waals surface area contributed by atoms with Gasteiger partial charge in [-0.3, -0.25) is 5.32 Å². The second-order valence-corrected chi connectivity index (χ2v) is 4.76. The summed E-state index contributed by atoms with van der Waals surface area (Å²) in [6.45, 7) is 5.07. The molecule has 1 heterocycles. The lowest BCUT2D eigenvalue weighted by Gasteiger charge is -2.19. The molecule has 0 atom stereocenters. The summed E-state index contributed by atoms with van der Waals surface area (Å²) in [5.41, 5.74) is -1.43. The van der Waals surface area contributed by atoms with Crippen molar-refractivity contribution in [2.24, 2.45) is 12.2 Å². The van der Waals surface area contributed by atoms with Crippen LogP contribution in [-0.4, -0.2) is 48.5 Å². The highest BCUT2D eigenvalue weighted by molar-refractivity contribution is 6.41. The Hall–Kier alpha value is -2.65. The van der Waals surface area contributed by atoms with Crippen LogP contribution in [0.25, 0.3) is 0 Å². The average Bonchev–Trinajstić information content (AvgIpc) is 2.57. The number of carbonyl (C=O) groups excluding carboxylic acids is 1. The molecular weight excluding hydrogens is 270 g/mol. The zero-order valence-electron chi connectivity index (χ0n) is 11.4. The van der Waals surface area contributed by atoms with Gasteiger partial charge in [0.05, 0.1) is 0 Å². The number of amides is 1. The van der Waals surface area contributed by atoms with E-state index in [1.807, 2.05) is 0 Å². The second kappa shape index (κ2) is 5.55. The van der Waals surface area contributed by atoms with E-state index in [9.17, 15) is 9.59 Å². The van der Waals surface area contributed by atoms with Crippen molar-refractivity contribution >= 4 is 23.7 Å². The summed E-state index contributed by atoms with van der Waals surface area (Å²) in [5, 5.41) is 26.0. The van der Waals surface area contributed by atoms with E-state index in [2.05, 4.69) is 20.6 Å². The molecule has 0 aliphatic rings. The van der Waals surface area contributed by atoms with Gasteiger partial charge >= 0.3 is 12.1 Å². The van der Waals surface area contributed by atoms with Crippen molar-refractivity contribution in [1.29, 1.82) is 0 Å². The predicted molar refractivity (Wildman–Crippen MR) is 66.8 cm³/mol. The zero-order chi connectivity index (χ0) is 15.5. The average molecular weight is 285 g/mol. The van der Waals surface area contributed by atoms with Gasteiger partial charge in [-0.2, -0.15) is 4.98 Å². The summed E-state index contributed by atoms with van der Waals surface area (Å²) < 4.78 is 6.13. The van der Waals surface area contributed by atoms with Crippen molar-refractivity contribution < 1.29 is 24.6 Å². The summed E-state index contributed by atoms with van der Waals surface area (Å²) >= 11 is 0. The van der Waals surface area contributed by atoms with Crippen LogP contribution in [0.4, 0.5) is 10.7 Å². The van der Waals surface area contributed by atoms with Crippen LogP contribution in [0.15, 0.2) is 5.16 Å². The molecule has 0 saturated carbocycles. The van der Waals surface area contributed by atoms with Crippen LogP contribution in [0, 0.1) is 0 Å². The van der Waals surface area contributed by atoms with Gasteiger partial charge in [-0.1, -0.05) is 5.16 Å². The normalized spacial score (nSPS) is 12.1. The number of aryl methyl sites for hydroxylation is 1. The molecular formula is C10H15N5O5. The molecule has 0 fully saturated rings. The summed E-state index contributed by atoms with van der Waals surface area (Å²) in [5.74, 6) is -1.88. The number of hydrogen-bond acceptors (Lipinski definition) is 7. The molecule has 10 heteroatoms. The molecule has 10 nitrogen and oxygen atoms in total. The molecule has 110 valence electrons. The SMILES string of the molecule is Cn1nc(/C(=N/O)C(=O)O)nc1NC(=O)OC(C)(C)C. The molecule has 0 unspecified atom stereocenters. The summed E-state index contributed by atoms with van der Waals surface area (Å²) in [6, 6.07) is 0. The van der Waals surface area contributed by atoms with Crippen LogP contribution in [0.5, 0.6) is 0 Å². The lowest BCUT2D eigenvalue weighted by Crippen LogP contribution is -2.28. The largest absolute Gasteiger partial charge is 0.476 e. The number of ether oxygens (including phenoxy) is 1. The zero-order valence-corrected chi connectivity index (χ0v) is 11.4. The molecule has 0 spiro atoms. The van der Waals surface area contributed by atoms with Crippen molar-refractivity contribution in [3.63, 3.8) is 0 Å². The minimum atomic E-state index is -1.50. The maximum absolute atomic E-state index is 11.6. The number of hydrogen-bond donors (Lipinski definition) is 3.